The number of aromatic nitrogens is 3. The molecule has 2 aromatic carbocycles. The van der Waals surface area contributed by atoms with E-state index < -0.39 is 24.3 Å². The number of amides is 1. The zero-order valence-corrected chi connectivity index (χ0v) is 19.3. The Hall–Kier alpha value is -4.08. The fourth-order valence-electron chi connectivity index (χ4n) is 3.65. The van der Waals surface area contributed by atoms with Crippen molar-refractivity contribution in [1.82, 2.24) is 14.8 Å². The fourth-order valence-corrected chi connectivity index (χ4v) is 3.65. The van der Waals surface area contributed by atoms with Gasteiger partial charge in [0.05, 0.1) is 29.4 Å². The quantitative estimate of drug-likeness (QED) is 0.383. The van der Waals surface area contributed by atoms with Crippen molar-refractivity contribution < 1.29 is 27.4 Å². The molecule has 4 rings (SSSR count). The number of aryl methyl sites for hydroxylation is 2. The van der Waals surface area contributed by atoms with Gasteiger partial charge in [-0.3, -0.25) is 4.79 Å². The van der Waals surface area contributed by atoms with Crippen molar-refractivity contribution in [1.29, 1.82) is 0 Å². The molecule has 0 saturated carbocycles. The van der Waals surface area contributed by atoms with Gasteiger partial charge in [0.1, 0.15) is 5.75 Å². The first-order valence-electron chi connectivity index (χ1n) is 10.8. The van der Waals surface area contributed by atoms with Gasteiger partial charge in [0.25, 0.3) is 5.91 Å². The molecule has 0 bridgehead atoms. The van der Waals surface area contributed by atoms with Gasteiger partial charge in [0, 0.05) is 17.8 Å². The smallest absolute Gasteiger partial charge is 0.417 e. The SMILES string of the molecule is CCc1ccc(-n2nc(C)c3c(C(F)(F)F)cc(OCC(=O)Nc4cccc(OC)c4)nc32)cc1. The molecule has 182 valence electrons. The minimum absolute atomic E-state index is 0.00947. The van der Waals surface area contributed by atoms with Gasteiger partial charge in [-0.2, -0.15) is 23.3 Å². The maximum atomic E-state index is 13.9. The maximum Gasteiger partial charge on any atom is 0.417 e. The van der Waals surface area contributed by atoms with Gasteiger partial charge in [-0.1, -0.05) is 25.1 Å². The van der Waals surface area contributed by atoms with Crippen LogP contribution in [0.5, 0.6) is 11.6 Å². The van der Waals surface area contributed by atoms with Crippen molar-refractivity contribution in [2.45, 2.75) is 26.4 Å². The zero-order chi connectivity index (χ0) is 25.2. The normalized spacial score (nSPS) is 11.5. The van der Waals surface area contributed by atoms with Crippen LogP contribution < -0.4 is 14.8 Å². The number of fused-ring (bicyclic) bond motifs is 1. The van der Waals surface area contributed by atoms with E-state index in [0.717, 1.165) is 18.1 Å². The lowest BCUT2D eigenvalue weighted by molar-refractivity contribution is -0.136. The van der Waals surface area contributed by atoms with E-state index in [1.807, 2.05) is 19.1 Å². The third-order valence-electron chi connectivity index (χ3n) is 5.39. The topological polar surface area (TPSA) is 78.3 Å². The number of anilines is 1. The predicted octanol–water partition coefficient (Wildman–Crippen LogP) is 5.34. The molecule has 35 heavy (non-hydrogen) atoms. The number of nitrogens with zero attached hydrogens (tertiary/aromatic N) is 3. The summed E-state index contributed by atoms with van der Waals surface area (Å²) < 4.78 is 53.6. The molecule has 0 saturated heterocycles. The summed E-state index contributed by atoms with van der Waals surface area (Å²) in [4.78, 5) is 16.6. The Morgan fingerprint density at radius 2 is 1.86 bits per heavy atom. The minimum Gasteiger partial charge on any atom is -0.497 e. The number of alkyl halides is 3. The lowest BCUT2D eigenvalue weighted by Gasteiger charge is -2.12. The summed E-state index contributed by atoms with van der Waals surface area (Å²) in [6.45, 7) is 2.97. The predicted molar refractivity (Wildman–Crippen MR) is 125 cm³/mol. The molecule has 7 nitrogen and oxygen atoms in total. The van der Waals surface area contributed by atoms with Gasteiger partial charge in [-0.05, 0) is 43.2 Å². The summed E-state index contributed by atoms with van der Waals surface area (Å²) in [7, 11) is 1.49. The molecule has 0 radical (unpaired) electrons. The second-order valence-corrected chi connectivity index (χ2v) is 7.79. The van der Waals surface area contributed by atoms with Crippen LogP contribution in [0, 0.1) is 6.92 Å². The number of carbonyl (C=O) groups excluding carboxylic acids is 1. The van der Waals surface area contributed by atoms with Gasteiger partial charge in [0.2, 0.25) is 5.88 Å². The number of hydrogen-bond acceptors (Lipinski definition) is 5. The van der Waals surface area contributed by atoms with Gasteiger partial charge in [0.15, 0.2) is 12.3 Å². The molecular formula is C25H23F3N4O3. The third kappa shape index (κ3) is 5.21. The second-order valence-electron chi connectivity index (χ2n) is 7.79. The fraction of sp³-hybridized carbons (Fsp3) is 0.240. The minimum atomic E-state index is -4.67. The average molecular weight is 484 g/mol. The standard InChI is InChI=1S/C25H23F3N4O3/c1-4-16-8-10-18(11-9-16)32-24-23(15(2)31-32)20(25(26,27)28)13-22(30-24)35-14-21(33)29-17-6-5-7-19(12-17)34-3/h5-13H,4,14H2,1-3H3,(H,29,33). The number of hydrogen-bond donors (Lipinski definition) is 1. The maximum absolute atomic E-state index is 13.9. The molecule has 1 N–H and O–H groups in total. The highest BCUT2D eigenvalue weighted by Gasteiger charge is 2.36. The Morgan fingerprint density at radius 1 is 1.11 bits per heavy atom. The number of nitrogens with one attached hydrogen (secondary N) is 1. The molecule has 0 spiro atoms. The molecular weight excluding hydrogens is 461 g/mol. The van der Waals surface area contributed by atoms with E-state index >= 15 is 0 Å². The van der Waals surface area contributed by atoms with Crippen molar-refractivity contribution in [2.24, 2.45) is 0 Å². The molecule has 0 aliphatic rings. The summed E-state index contributed by atoms with van der Waals surface area (Å²) in [6, 6.07) is 14.8. The number of carbonyl (C=O) groups is 1. The van der Waals surface area contributed by atoms with E-state index in [2.05, 4.69) is 15.4 Å². The van der Waals surface area contributed by atoms with Crippen LogP contribution in [0.1, 0.15) is 23.7 Å². The number of methoxy groups -OCH3 is 1. The Kier molecular flexibility index (Phi) is 6.63. The lowest BCUT2D eigenvalue weighted by atomic mass is 10.1. The van der Waals surface area contributed by atoms with Gasteiger partial charge < -0.3 is 14.8 Å². The molecule has 1 amide bonds. The van der Waals surface area contributed by atoms with Crippen molar-refractivity contribution in [2.75, 3.05) is 19.0 Å². The van der Waals surface area contributed by atoms with Crippen molar-refractivity contribution in [3.8, 4) is 17.3 Å². The largest absolute Gasteiger partial charge is 0.497 e. The first-order chi connectivity index (χ1) is 16.7. The summed E-state index contributed by atoms with van der Waals surface area (Å²) >= 11 is 0. The van der Waals surface area contributed by atoms with Gasteiger partial charge >= 0.3 is 6.18 Å². The molecule has 0 fully saturated rings. The van der Waals surface area contributed by atoms with Crippen molar-refractivity contribution in [3.63, 3.8) is 0 Å². The lowest BCUT2D eigenvalue weighted by Crippen LogP contribution is -2.21. The van der Waals surface area contributed by atoms with Crippen molar-refractivity contribution >= 4 is 22.6 Å². The molecule has 0 atom stereocenters. The van der Waals surface area contributed by atoms with E-state index in [1.54, 1.807) is 36.4 Å². The highest BCUT2D eigenvalue weighted by molar-refractivity contribution is 5.92. The highest BCUT2D eigenvalue weighted by atomic mass is 19.4. The highest BCUT2D eigenvalue weighted by Crippen LogP contribution is 2.38. The van der Waals surface area contributed by atoms with E-state index in [9.17, 15) is 18.0 Å². The monoisotopic (exact) mass is 484 g/mol. The molecule has 0 aliphatic heterocycles. The molecule has 0 aliphatic carbocycles. The van der Waals surface area contributed by atoms with Gasteiger partial charge in [-0.15, -0.1) is 0 Å². The van der Waals surface area contributed by atoms with E-state index in [4.69, 9.17) is 9.47 Å². The van der Waals surface area contributed by atoms with Crippen LogP contribution in [0.2, 0.25) is 0 Å². The van der Waals surface area contributed by atoms with Gasteiger partial charge in [-0.25, -0.2) is 4.68 Å². The van der Waals surface area contributed by atoms with Crippen LogP contribution in [-0.4, -0.2) is 34.4 Å². The summed E-state index contributed by atoms with van der Waals surface area (Å²) in [5.41, 5.74) is 1.35. The van der Waals surface area contributed by atoms with Crippen molar-refractivity contribution in [3.05, 3.63) is 71.4 Å². The summed E-state index contributed by atoms with van der Waals surface area (Å²) in [6.07, 6.45) is -3.85. The molecule has 2 aromatic heterocycles. The first kappa shape index (κ1) is 24.1. The zero-order valence-electron chi connectivity index (χ0n) is 19.3. The van der Waals surface area contributed by atoms with Crippen LogP contribution in [0.25, 0.3) is 16.7 Å². The molecule has 2 heterocycles. The van der Waals surface area contributed by atoms with Crippen LogP contribution in [0.4, 0.5) is 18.9 Å². The number of halogens is 3. The van der Waals surface area contributed by atoms with E-state index in [0.29, 0.717) is 17.1 Å². The number of pyridine rings is 1. The van der Waals surface area contributed by atoms with E-state index in [-0.39, 0.29) is 22.6 Å². The van der Waals surface area contributed by atoms with E-state index in [1.165, 1.54) is 18.7 Å². The summed E-state index contributed by atoms with van der Waals surface area (Å²) in [5.74, 6) is -0.355. The Balaban J connectivity index is 1.66. The Morgan fingerprint density at radius 3 is 2.51 bits per heavy atom. The van der Waals surface area contributed by atoms with Crippen LogP contribution >= 0.6 is 0 Å². The number of rotatable bonds is 7. The van der Waals surface area contributed by atoms with Crippen LogP contribution in [0.15, 0.2) is 54.6 Å². The number of benzene rings is 2. The third-order valence-corrected chi connectivity index (χ3v) is 5.39. The number of ether oxygens (including phenoxy) is 2. The van der Waals surface area contributed by atoms with Crippen LogP contribution in [0.3, 0.4) is 0 Å². The Labute approximate surface area is 199 Å². The molecule has 10 heteroatoms. The summed E-state index contributed by atoms with van der Waals surface area (Å²) in [5, 5.41) is 6.80. The Bertz CT molecular complexity index is 1370. The first-order valence-corrected chi connectivity index (χ1v) is 10.8. The molecule has 0 unspecified atom stereocenters. The second kappa shape index (κ2) is 9.65. The average Bonchev–Trinajstić information content (AvgIpc) is 3.18. The van der Waals surface area contributed by atoms with Crippen LogP contribution in [-0.2, 0) is 17.4 Å². The molecule has 4 aromatic rings.